The molecule has 0 unspecified atom stereocenters. The van der Waals surface area contributed by atoms with Crippen LogP contribution in [0.25, 0.3) is 0 Å². The van der Waals surface area contributed by atoms with Crippen molar-refractivity contribution in [2.45, 2.75) is 38.5 Å². The van der Waals surface area contributed by atoms with Crippen molar-refractivity contribution in [2.24, 2.45) is 17.1 Å². The molecule has 0 aromatic heterocycles. The van der Waals surface area contributed by atoms with Crippen molar-refractivity contribution in [3.05, 3.63) is 0 Å². The summed E-state index contributed by atoms with van der Waals surface area (Å²) >= 11 is 0. The van der Waals surface area contributed by atoms with Crippen LogP contribution in [0.1, 0.15) is 38.5 Å². The average Bonchev–Trinajstić information content (AvgIpc) is 3.17. The minimum atomic E-state index is -0.388. The summed E-state index contributed by atoms with van der Waals surface area (Å²) in [4.78, 5) is 25.0. The lowest BCUT2D eigenvalue weighted by Gasteiger charge is -2.29. The third-order valence-corrected chi connectivity index (χ3v) is 4.22. The molecule has 1 saturated heterocycles. The van der Waals surface area contributed by atoms with E-state index in [1.54, 1.807) is 0 Å². The molecule has 0 aromatic carbocycles. The Bertz CT molecular complexity index is 388. The molecule has 0 bridgehead atoms. The summed E-state index contributed by atoms with van der Waals surface area (Å²) in [6.07, 6.45) is 4.17. The third kappa shape index (κ3) is 2.63. The Kier molecular flexibility index (Phi) is 3.55. The van der Waals surface area contributed by atoms with E-state index >= 15 is 0 Å². The van der Waals surface area contributed by atoms with E-state index < -0.39 is 0 Å². The molecule has 1 saturated carbocycles. The van der Waals surface area contributed by atoms with Crippen molar-refractivity contribution in [1.29, 1.82) is 5.26 Å². The van der Waals surface area contributed by atoms with Gasteiger partial charge < -0.3 is 10.6 Å². The van der Waals surface area contributed by atoms with Crippen LogP contribution >= 0.6 is 0 Å². The molecule has 98 valence electrons. The second-order valence-corrected chi connectivity index (χ2v) is 5.43. The molecule has 18 heavy (non-hydrogen) atoms. The number of nitrogens with zero attached hydrogens (tertiary/aromatic N) is 2. The summed E-state index contributed by atoms with van der Waals surface area (Å²) in [7, 11) is 0. The van der Waals surface area contributed by atoms with Crippen LogP contribution in [0.3, 0.4) is 0 Å². The van der Waals surface area contributed by atoms with Crippen molar-refractivity contribution in [1.82, 2.24) is 4.90 Å². The van der Waals surface area contributed by atoms with Gasteiger partial charge >= 0.3 is 0 Å². The van der Waals surface area contributed by atoms with E-state index in [9.17, 15) is 9.59 Å². The normalized spacial score (nSPS) is 22.3. The number of hydrogen-bond donors (Lipinski definition) is 1. The van der Waals surface area contributed by atoms with Gasteiger partial charge in [0, 0.05) is 30.8 Å². The smallest absolute Gasteiger partial charge is 0.223 e. The zero-order valence-electron chi connectivity index (χ0n) is 10.5. The number of piperidine rings is 1. The third-order valence-electron chi connectivity index (χ3n) is 4.22. The molecule has 2 N–H and O–H groups in total. The van der Waals surface area contributed by atoms with Gasteiger partial charge in [0.1, 0.15) is 0 Å². The van der Waals surface area contributed by atoms with Crippen LogP contribution in [0.5, 0.6) is 0 Å². The first-order valence-electron chi connectivity index (χ1n) is 6.55. The van der Waals surface area contributed by atoms with Gasteiger partial charge in [-0.05, 0) is 32.1 Å². The number of carbonyl (C=O) groups is 2. The Labute approximate surface area is 107 Å². The van der Waals surface area contributed by atoms with Crippen LogP contribution in [-0.4, -0.2) is 29.8 Å². The Morgan fingerprint density at radius 1 is 1.33 bits per heavy atom. The molecule has 1 aliphatic carbocycles. The second kappa shape index (κ2) is 4.97. The molecule has 0 atom stereocenters. The van der Waals surface area contributed by atoms with Gasteiger partial charge in [0.2, 0.25) is 11.8 Å². The first-order valence-corrected chi connectivity index (χ1v) is 6.55. The maximum Gasteiger partial charge on any atom is 0.223 e. The van der Waals surface area contributed by atoms with Gasteiger partial charge in [0.05, 0.1) is 6.07 Å². The second-order valence-electron chi connectivity index (χ2n) is 5.43. The van der Waals surface area contributed by atoms with Gasteiger partial charge in [-0.25, -0.2) is 0 Å². The molecular formula is C13H19N3O2. The van der Waals surface area contributed by atoms with Gasteiger partial charge in [-0.15, -0.1) is 0 Å². The summed E-state index contributed by atoms with van der Waals surface area (Å²) in [5.41, 5.74) is 4.95. The molecule has 0 aromatic rings. The van der Waals surface area contributed by atoms with Crippen molar-refractivity contribution in [2.75, 3.05) is 13.1 Å². The fraction of sp³-hybridized carbons (Fsp3) is 0.769. The first-order chi connectivity index (χ1) is 8.57. The van der Waals surface area contributed by atoms with E-state index in [4.69, 9.17) is 11.0 Å². The highest BCUT2D eigenvalue weighted by molar-refractivity contribution is 5.84. The van der Waals surface area contributed by atoms with E-state index in [1.165, 1.54) is 0 Å². The summed E-state index contributed by atoms with van der Waals surface area (Å²) in [6, 6.07) is 2.25. The summed E-state index contributed by atoms with van der Waals surface area (Å²) in [5.74, 6) is -0.0770. The van der Waals surface area contributed by atoms with Crippen LogP contribution in [0.4, 0.5) is 0 Å². The number of hydrogen-bond acceptors (Lipinski definition) is 3. The molecule has 0 radical (unpaired) electrons. The van der Waals surface area contributed by atoms with Crippen LogP contribution < -0.4 is 5.73 Å². The van der Waals surface area contributed by atoms with Crippen molar-refractivity contribution < 1.29 is 9.59 Å². The maximum atomic E-state index is 12.0. The molecule has 5 nitrogen and oxygen atoms in total. The number of primary amides is 1. The van der Waals surface area contributed by atoms with Crippen molar-refractivity contribution >= 4 is 11.8 Å². The first kappa shape index (κ1) is 12.9. The molecule has 1 heterocycles. The number of rotatable bonds is 4. The predicted molar refractivity (Wildman–Crippen MR) is 65.0 cm³/mol. The SMILES string of the molecule is N#CC1CCN(C(=O)CCC2(C(N)=O)CC2)CC1. The molecule has 1 aliphatic heterocycles. The molecule has 2 amide bonds. The lowest BCUT2D eigenvalue weighted by atomic mass is 9.96. The van der Waals surface area contributed by atoms with E-state index in [0.29, 0.717) is 25.9 Å². The Balaban J connectivity index is 1.76. The average molecular weight is 249 g/mol. The Morgan fingerprint density at radius 2 is 1.94 bits per heavy atom. The van der Waals surface area contributed by atoms with Crippen LogP contribution in [-0.2, 0) is 9.59 Å². The largest absolute Gasteiger partial charge is 0.369 e. The number of likely N-dealkylation sites (tertiary alicyclic amines) is 1. The topological polar surface area (TPSA) is 87.2 Å². The van der Waals surface area contributed by atoms with E-state index in [0.717, 1.165) is 25.7 Å². The summed E-state index contributed by atoms with van der Waals surface area (Å²) in [5, 5.41) is 8.79. The predicted octanol–water partition coefficient (Wildman–Crippen LogP) is 0.794. The van der Waals surface area contributed by atoms with E-state index in [1.807, 2.05) is 4.90 Å². The highest BCUT2D eigenvalue weighted by Gasteiger charge is 2.48. The molecule has 2 aliphatic rings. The Hall–Kier alpha value is -1.57. The van der Waals surface area contributed by atoms with Gasteiger partial charge in [-0.3, -0.25) is 9.59 Å². The number of nitriles is 1. The zero-order valence-corrected chi connectivity index (χ0v) is 10.5. The number of amides is 2. The van der Waals surface area contributed by atoms with Crippen molar-refractivity contribution in [3.8, 4) is 6.07 Å². The maximum absolute atomic E-state index is 12.0. The lowest BCUT2D eigenvalue weighted by molar-refractivity contribution is -0.133. The van der Waals surface area contributed by atoms with Gasteiger partial charge in [0.25, 0.3) is 0 Å². The van der Waals surface area contributed by atoms with Gasteiger partial charge in [-0.2, -0.15) is 5.26 Å². The highest BCUT2D eigenvalue weighted by Crippen LogP contribution is 2.49. The zero-order chi connectivity index (χ0) is 13.2. The van der Waals surface area contributed by atoms with E-state index in [2.05, 4.69) is 6.07 Å². The van der Waals surface area contributed by atoms with E-state index in [-0.39, 0.29) is 23.1 Å². The van der Waals surface area contributed by atoms with Gasteiger partial charge in [0.15, 0.2) is 0 Å². The molecule has 2 fully saturated rings. The minimum absolute atomic E-state index is 0.0921. The molecule has 2 rings (SSSR count). The van der Waals surface area contributed by atoms with Crippen LogP contribution in [0, 0.1) is 22.7 Å². The molecular weight excluding hydrogens is 230 g/mol. The fourth-order valence-electron chi connectivity index (χ4n) is 2.53. The summed E-state index contributed by atoms with van der Waals surface area (Å²) < 4.78 is 0. The monoisotopic (exact) mass is 249 g/mol. The van der Waals surface area contributed by atoms with Crippen LogP contribution in [0.15, 0.2) is 0 Å². The molecule has 0 spiro atoms. The van der Waals surface area contributed by atoms with Crippen molar-refractivity contribution in [3.63, 3.8) is 0 Å². The standard InChI is InChI=1S/C13H19N3O2/c14-9-10-2-7-16(8-3-10)11(17)1-4-13(5-6-13)12(15)18/h10H,1-8H2,(H2,15,18). The fourth-order valence-corrected chi connectivity index (χ4v) is 2.53. The summed E-state index contributed by atoms with van der Waals surface area (Å²) in [6.45, 7) is 1.33. The number of carbonyl (C=O) groups excluding carboxylic acids is 2. The Morgan fingerprint density at radius 3 is 2.39 bits per heavy atom. The van der Waals surface area contributed by atoms with Crippen LogP contribution in [0.2, 0.25) is 0 Å². The molecule has 5 heteroatoms. The van der Waals surface area contributed by atoms with Gasteiger partial charge in [-0.1, -0.05) is 0 Å². The quantitative estimate of drug-likeness (QED) is 0.799. The number of nitrogens with two attached hydrogens (primary N) is 1. The lowest BCUT2D eigenvalue weighted by Crippen LogP contribution is -2.38. The minimum Gasteiger partial charge on any atom is -0.369 e. The highest BCUT2D eigenvalue weighted by atomic mass is 16.2.